The Balaban J connectivity index is 2.01. The number of hydrogen-bond acceptors (Lipinski definition) is 3. The predicted octanol–water partition coefficient (Wildman–Crippen LogP) is 2.96. The van der Waals surface area contributed by atoms with E-state index >= 15 is 0 Å². The van der Waals surface area contributed by atoms with Gasteiger partial charge in [-0.05, 0) is 37.3 Å². The molecule has 1 N–H and O–H groups in total. The van der Waals surface area contributed by atoms with Gasteiger partial charge in [-0.25, -0.2) is 0 Å². The van der Waals surface area contributed by atoms with Gasteiger partial charge in [0.25, 0.3) is 0 Å². The molecule has 2 rings (SSSR count). The maximum absolute atomic E-state index is 6.32. The third-order valence-corrected chi connectivity index (χ3v) is 4.16. The average Bonchev–Trinajstić information content (AvgIpc) is 2.33. The molecule has 0 amide bonds. The summed E-state index contributed by atoms with van der Waals surface area (Å²) in [6.45, 7) is 11.8. The summed E-state index contributed by atoms with van der Waals surface area (Å²) >= 11 is 6.32. The molecule has 0 spiro atoms. The summed E-state index contributed by atoms with van der Waals surface area (Å²) in [5.41, 5.74) is 1.26. The zero-order valence-corrected chi connectivity index (χ0v) is 13.8. The number of halogens is 1. The van der Waals surface area contributed by atoms with Gasteiger partial charge in [-0.2, -0.15) is 0 Å². The molecule has 1 aliphatic heterocycles. The molecule has 5 heteroatoms. The van der Waals surface area contributed by atoms with Gasteiger partial charge in [0.05, 0.1) is 5.02 Å². The third kappa shape index (κ3) is 4.80. The van der Waals surface area contributed by atoms with Crippen molar-refractivity contribution in [1.82, 2.24) is 10.2 Å². The van der Waals surface area contributed by atoms with Crippen molar-refractivity contribution in [2.45, 2.75) is 26.2 Å². The second-order valence-electron chi connectivity index (χ2n) is 6.01. The van der Waals surface area contributed by atoms with Gasteiger partial charge in [0.1, 0.15) is 5.75 Å². The van der Waals surface area contributed by atoms with E-state index in [-0.39, 0.29) is 0 Å². The molecule has 1 aliphatic rings. The van der Waals surface area contributed by atoms with Crippen LogP contribution in [0.2, 0.25) is 24.7 Å². The number of rotatable bonds is 4. The molecule has 19 heavy (non-hydrogen) atoms. The fourth-order valence-corrected chi connectivity index (χ4v) is 3.33. The fraction of sp³-hybridized carbons (Fsp3) is 0.571. The van der Waals surface area contributed by atoms with Gasteiger partial charge in [-0.3, -0.25) is 4.90 Å². The minimum Gasteiger partial charge on any atom is -0.543 e. The van der Waals surface area contributed by atoms with E-state index in [1.165, 1.54) is 5.56 Å². The predicted molar refractivity (Wildman–Crippen MR) is 83.6 cm³/mol. The second-order valence-corrected chi connectivity index (χ2v) is 10.8. The Morgan fingerprint density at radius 2 is 1.95 bits per heavy atom. The van der Waals surface area contributed by atoms with Crippen molar-refractivity contribution < 1.29 is 4.43 Å². The van der Waals surface area contributed by atoms with E-state index in [1.54, 1.807) is 0 Å². The van der Waals surface area contributed by atoms with Crippen LogP contribution in [0.4, 0.5) is 0 Å². The van der Waals surface area contributed by atoms with Gasteiger partial charge in [0, 0.05) is 32.7 Å². The summed E-state index contributed by atoms with van der Waals surface area (Å²) in [5.74, 6) is 0.824. The average molecular weight is 299 g/mol. The summed E-state index contributed by atoms with van der Waals surface area (Å²) < 4.78 is 5.96. The molecule has 106 valence electrons. The van der Waals surface area contributed by atoms with Gasteiger partial charge in [0.2, 0.25) is 8.32 Å². The molecule has 0 atom stereocenters. The number of piperazine rings is 1. The van der Waals surface area contributed by atoms with E-state index in [2.05, 4.69) is 35.9 Å². The Morgan fingerprint density at radius 3 is 2.53 bits per heavy atom. The van der Waals surface area contributed by atoms with Crippen molar-refractivity contribution in [3.63, 3.8) is 0 Å². The van der Waals surface area contributed by atoms with E-state index < -0.39 is 8.32 Å². The zero-order valence-electron chi connectivity index (χ0n) is 12.0. The van der Waals surface area contributed by atoms with Gasteiger partial charge >= 0.3 is 0 Å². The molecular formula is C14H23ClN2OSi. The second kappa shape index (κ2) is 6.26. The molecule has 0 aromatic heterocycles. The van der Waals surface area contributed by atoms with Gasteiger partial charge in [0.15, 0.2) is 0 Å². The van der Waals surface area contributed by atoms with E-state index in [0.29, 0.717) is 0 Å². The van der Waals surface area contributed by atoms with Crippen LogP contribution >= 0.6 is 11.6 Å². The van der Waals surface area contributed by atoms with Crippen LogP contribution in [0, 0.1) is 0 Å². The molecule has 1 heterocycles. The molecular weight excluding hydrogens is 276 g/mol. The van der Waals surface area contributed by atoms with Crippen molar-refractivity contribution in [3.05, 3.63) is 28.8 Å². The lowest BCUT2D eigenvalue weighted by Crippen LogP contribution is -2.42. The van der Waals surface area contributed by atoms with E-state index in [9.17, 15) is 0 Å². The highest BCUT2D eigenvalue weighted by molar-refractivity contribution is 6.70. The maximum atomic E-state index is 6.32. The van der Waals surface area contributed by atoms with Crippen LogP contribution in [0.1, 0.15) is 5.56 Å². The Labute approximate surface area is 122 Å². The summed E-state index contributed by atoms with van der Waals surface area (Å²) in [7, 11) is -1.59. The monoisotopic (exact) mass is 298 g/mol. The van der Waals surface area contributed by atoms with Crippen LogP contribution in [-0.4, -0.2) is 39.4 Å². The van der Waals surface area contributed by atoms with Crippen LogP contribution in [-0.2, 0) is 6.54 Å². The third-order valence-electron chi connectivity index (χ3n) is 3.03. The first-order valence-corrected chi connectivity index (χ1v) is 10.6. The molecule has 0 unspecified atom stereocenters. The van der Waals surface area contributed by atoms with Crippen molar-refractivity contribution in [2.75, 3.05) is 26.2 Å². The topological polar surface area (TPSA) is 24.5 Å². The van der Waals surface area contributed by atoms with Crippen molar-refractivity contribution in [3.8, 4) is 5.75 Å². The van der Waals surface area contributed by atoms with Crippen molar-refractivity contribution >= 4 is 19.9 Å². The van der Waals surface area contributed by atoms with E-state index in [4.69, 9.17) is 16.0 Å². The van der Waals surface area contributed by atoms with Crippen LogP contribution in [0.15, 0.2) is 18.2 Å². The molecule has 3 nitrogen and oxygen atoms in total. The maximum Gasteiger partial charge on any atom is 0.242 e. The smallest absolute Gasteiger partial charge is 0.242 e. The Morgan fingerprint density at radius 1 is 1.26 bits per heavy atom. The number of hydrogen-bond donors (Lipinski definition) is 1. The first kappa shape index (κ1) is 14.8. The molecule has 1 saturated heterocycles. The van der Waals surface area contributed by atoms with Crippen LogP contribution in [0.3, 0.4) is 0 Å². The number of nitrogens with one attached hydrogen (secondary N) is 1. The highest BCUT2D eigenvalue weighted by Gasteiger charge is 2.18. The molecule has 0 saturated carbocycles. The van der Waals surface area contributed by atoms with Crippen LogP contribution in [0.5, 0.6) is 5.75 Å². The van der Waals surface area contributed by atoms with Crippen LogP contribution < -0.4 is 9.74 Å². The first-order valence-electron chi connectivity index (χ1n) is 6.84. The van der Waals surface area contributed by atoms with Crippen molar-refractivity contribution in [2.24, 2.45) is 0 Å². The van der Waals surface area contributed by atoms with Crippen LogP contribution in [0.25, 0.3) is 0 Å². The Kier molecular flexibility index (Phi) is 4.90. The molecule has 0 radical (unpaired) electrons. The van der Waals surface area contributed by atoms with Gasteiger partial charge in [-0.1, -0.05) is 17.7 Å². The highest BCUT2D eigenvalue weighted by Crippen LogP contribution is 2.28. The SMILES string of the molecule is C[Si](C)(C)Oc1ccc(CN2CCNCC2)cc1Cl. The summed E-state index contributed by atoms with van der Waals surface area (Å²) in [6, 6.07) is 6.18. The molecule has 0 aliphatic carbocycles. The molecule has 1 aromatic rings. The lowest BCUT2D eigenvalue weighted by Gasteiger charge is -2.27. The number of benzene rings is 1. The van der Waals surface area contributed by atoms with E-state index in [0.717, 1.165) is 43.5 Å². The Hall–Kier alpha value is -0.553. The van der Waals surface area contributed by atoms with E-state index in [1.807, 2.05) is 12.1 Å². The lowest BCUT2D eigenvalue weighted by atomic mass is 10.2. The fourth-order valence-electron chi connectivity index (χ4n) is 2.18. The highest BCUT2D eigenvalue weighted by atomic mass is 35.5. The molecule has 1 fully saturated rings. The van der Waals surface area contributed by atoms with Gasteiger partial charge in [-0.15, -0.1) is 0 Å². The molecule has 1 aromatic carbocycles. The molecule has 0 bridgehead atoms. The minimum absolute atomic E-state index is 0.732. The van der Waals surface area contributed by atoms with Crippen molar-refractivity contribution in [1.29, 1.82) is 0 Å². The lowest BCUT2D eigenvalue weighted by molar-refractivity contribution is 0.233. The summed E-state index contributed by atoms with van der Waals surface area (Å²) in [4.78, 5) is 2.45. The quantitative estimate of drug-likeness (QED) is 0.865. The summed E-state index contributed by atoms with van der Waals surface area (Å²) in [6.07, 6.45) is 0. The minimum atomic E-state index is -1.59. The van der Waals surface area contributed by atoms with Gasteiger partial charge < -0.3 is 9.74 Å². The summed E-state index contributed by atoms with van der Waals surface area (Å²) in [5, 5.41) is 4.10. The normalized spacial score (nSPS) is 17.5. The number of nitrogens with zero attached hydrogens (tertiary/aromatic N) is 1. The first-order chi connectivity index (χ1) is 8.94. The standard InChI is InChI=1S/C14H23ClN2OSi/c1-19(2,3)18-14-5-4-12(10-13(14)15)11-17-8-6-16-7-9-17/h4-5,10,16H,6-9,11H2,1-3H3. The zero-order chi connectivity index (χ0) is 13.9. The largest absolute Gasteiger partial charge is 0.543 e. The Bertz CT molecular complexity index is 428.